The van der Waals surface area contributed by atoms with Gasteiger partial charge in [-0.25, -0.2) is 17.9 Å². The molecule has 29 heavy (non-hydrogen) atoms. The number of benzene rings is 1. The zero-order chi connectivity index (χ0) is 21.6. The van der Waals surface area contributed by atoms with Crippen molar-refractivity contribution in [2.24, 2.45) is 23.1 Å². The molecule has 9 heteroatoms. The molecule has 0 spiro atoms. The van der Waals surface area contributed by atoms with Gasteiger partial charge in [-0.1, -0.05) is 27.2 Å². The SMILES string of the molecule is Cn1c(C(C)(C)C)cc(=NC(=O)c2cc(S(N)(=O)=O)ccc2F)n1CC1CCC1. The van der Waals surface area contributed by atoms with Gasteiger partial charge in [-0.2, -0.15) is 4.99 Å². The van der Waals surface area contributed by atoms with E-state index in [0.717, 1.165) is 43.3 Å². The summed E-state index contributed by atoms with van der Waals surface area (Å²) in [6.07, 6.45) is 3.45. The monoisotopic (exact) mass is 422 g/mol. The lowest BCUT2D eigenvalue weighted by Crippen LogP contribution is -2.30. The van der Waals surface area contributed by atoms with Gasteiger partial charge in [-0.3, -0.25) is 14.2 Å². The lowest BCUT2D eigenvalue weighted by atomic mass is 9.85. The fraction of sp³-hybridized carbons (Fsp3) is 0.500. The summed E-state index contributed by atoms with van der Waals surface area (Å²) < 4.78 is 41.3. The minimum Gasteiger partial charge on any atom is -0.291 e. The summed E-state index contributed by atoms with van der Waals surface area (Å²) in [5.41, 5.74) is 0.816. The molecule has 1 aromatic carbocycles. The van der Waals surface area contributed by atoms with Gasteiger partial charge in [0.15, 0.2) is 5.49 Å². The first kappa shape index (κ1) is 21.4. The van der Waals surface area contributed by atoms with Crippen LogP contribution in [0, 0.1) is 11.7 Å². The normalized spacial score (nSPS) is 16.1. The molecule has 0 radical (unpaired) electrons. The Morgan fingerprint density at radius 3 is 2.45 bits per heavy atom. The molecule has 1 amide bonds. The molecule has 0 saturated heterocycles. The third-order valence-electron chi connectivity index (χ3n) is 5.38. The van der Waals surface area contributed by atoms with Crippen LogP contribution in [0.3, 0.4) is 0 Å². The van der Waals surface area contributed by atoms with E-state index in [9.17, 15) is 17.6 Å². The average molecular weight is 423 g/mol. The van der Waals surface area contributed by atoms with Crippen LogP contribution in [0.15, 0.2) is 34.2 Å². The first-order valence-electron chi connectivity index (χ1n) is 9.56. The summed E-state index contributed by atoms with van der Waals surface area (Å²) in [4.78, 5) is 16.6. The molecule has 158 valence electrons. The summed E-state index contributed by atoms with van der Waals surface area (Å²) in [7, 11) is -2.14. The number of rotatable bonds is 4. The van der Waals surface area contributed by atoms with E-state index in [4.69, 9.17) is 5.14 Å². The van der Waals surface area contributed by atoms with Crippen LogP contribution in [0.2, 0.25) is 0 Å². The molecule has 0 aliphatic heterocycles. The first-order chi connectivity index (χ1) is 13.4. The number of aromatic nitrogens is 2. The van der Waals surface area contributed by atoms with Gasteiger partial charge >= 0.3 is 0 Å². The van der Waals surface area contributed by atoms with Gasteiger partial charge in [-0.05, 0) is 37.0 Å². The van der Waals surface area contributed by atoms with E-state index in [1.54, 1.807) is 0 Å². The molecule has 3 rings (SSSR count). The smallest absolute Gasteiger partial charge is 0.282 e. The maximum Gasteiger partial charge on any atom is 0.282 e. The third-order valence-corrected chi connectivity index (χ3v) is 6.29. The van der Waals surface area contributed by atoms with Gasteiger partial charge in [0, 0.05) is 30.8 Å². The largest absolute Gasteiger partial charge is 0.291 e. The highest BCUT2D eigenvalue weighted by molar-refractivity contribution is 7.89. The van der Waals surface area contributed by atoms with Crippen LogP contribution in [0.1, 0.15) is 56.1 Å². The molecule has 7 nitrogen and oxygen atoms in total. The highest BCUT2D eigenvalue weighted by Crippen LogP contribution is 2.28. The van der Waals surface area contributed by atoms with Crippen molar-refractivity contribution in [3.05, 3.63) is 46.8 Å². The predicted octanol–water partition coefficient (Wildman–Crippen LogP) is 2.45. The van der Waals surface area contributed by atoms with Crippen molar-refractivity contribution in [1.29, 1.82) is 0 Å². The van der Waals surface area contributed by atoms with Gasteiger partial charge in [-0.15, -0.1) is 0 Å². The Morgan fingerprint density at radius 2 is 1.93 bits per heavy atom. The van der Waals surface area contributed by atoms with Crippen LogP contribution in [0.4, 0.5) is 4.39 Å². The molecule has 2 N–H and O–H groups in total. The number of carbonyl (C=O) groups is 1. The number of hydrogen-bond donors (Lipinski definition) is 1. The molecule has 1 aliphatic rings. The topological polar surface area (TPSA) is 99.4 Å². The molecule has 1 heterocycles. The summed E-state index contributed by atoms with van der Waals surface area (Å²) in [6, 6.07) is 4.70. The van der Waals surface area contributed by atoms with Gasteiger partial charge in [0.1, 0.15) is 5.82 Å². The molecule has 1 saturated carbocycles. The van der Waals surface area contributed by atoms with Crippen molar-refractivity contribution in [3.63, 3.8) is 0 Å². The van der Waals surface area contributed by atoms with E-state index in [1.165, 1.54) is 6.42 Å². The maximum absolute atomic E-state index is 14.2. The second-order valence-electron chi connectivity index (χ2n) is 8.64. The van der Waals surface area contributed by atoms with Crippen molar-refractivity contribution in [1.82, 2.24) is 9.36 Å². The first-order valence-corrected chi connectivity index (χ1v) is 11.1. The van der Waals surface area contributed by atoms with Crippen LogP contribution in [-0.4, -0.2) is 23.7 Å². The van der Waals surface area contributed by atoms with E-state index < -0.39 is 27.3 Å². The standard InChI is InChI=1S/C20H27FN4O3S/c1-20(2,3)17-11-18(25(24(17)4)12-13-6-5-7-13)23-19(26)15-10-14(29(22,27)28)8-9-16(15)21/h8-11,13H,5-7,12H2,1-4H3,(H2,22,27,28). The highest BCUT2D eigenvalue weighted by Gasteiger charge is 2.24. The molecule has 1 fully saturated rings. The Labute approximate surface area is 170 Å². The minimum atomic E-state index is -4.06. The summed E-state index contributed by atoms with van der Waals surface area (Å²) >= 11 is 0. The predicted molar refractivity (Wildman–Crippen MR) is 107 cm³/mol. The molecule has 2 aromatic rings. The van der Waals surface area contributed by atoms with E-state index in [-0.39, 0.29) is 10.3 Å². The Bertz CT molecular complexity index is 1120. The molecule has 0 atom stereocenters. The molecular formula is C20H27FN4O3S. The van der Waals surface area contributed by atoms with Crippen LogP contribution in [0.25, 0.3) is 0 Å². The summed E-state index contributed by atoms with van der Waals surface area (Å²) in [5, 5.41) is 5.10. The van der Waals surface area contributed by atoms with Crippen molar-refractivity contribution in [2.45, 2.75) is 56.9 Å². The van der Waals surface area contributed by atoms with E-state index in [0.29, 0.717) is 11.4 Å². The number of carbonyl (C=O) groups excluding carboxylic acids is 1. The summed E-state index contributed by atoms with van der Waals surface area (Å²) in [5.74, 6) is -1.17. The van der Waals surface area contributed by atoms with Crippen LogP contribution < -0.4 is 10.6 Å². The number of halogens is 1. The van der Waals surface area contributed by atoms with Crippen LogP contribution >= 0.6 is 0 Å². The third kappa shape index (κ3) is 4.51. The Kier molecular flexibility index (Phi) is 5.57. The number of primary sulfonamides is 1. The van der Waals surface area contributed by atoms with E-state index in [1.807, 2.05) is 22.5 Å². The fourth-order valence-electron chi connectivity index (χ4n) is 3.51. The average Bonchev–Trinajstić information content (AvgIpc) is 2.86. The zero-order valence-electron chi connectivity index (χ0n) is 17.1. The van der Waals surface area contributed by atoms with E-state index >= 15 is 0 Å². The maximum atomic E-state index is 14.2. The molecule has 1 aromatic heterocycles. The minimum absolute atomic E-state index is 0.175. The second kappa shape index (κ2) is 7.53. The lowest BCUT2D eigenvalue weighted by Gasteiger charge is -2.27. The van der Waals surface area contributed by atoms with Crippen molar-refractivity contribution in [2.75, 3.05) is 0 Å². The zero-order valence-corrected chi connectivity index (χ0v) is 18.0. The lowest BCUT2D eigenvalue weighted by molar-refractivity contribution is 0.0992. The Balaban J connectivity index is 2.11. The number of nitrogens with zero attached hydrogens (tertiary/aromatic N) is 3. The number of sulfonamides is 1. The van der Waals surface area contributed by atoms with Crippen LogP contribution in [0.5, 0.6) is 0 Å². The highest BCUT2D eigenvalue weighted by atomic mass is 32.2. The van der Waals surface area contributed by atoms with Gasteiger partial charge in [0.05, 0.1) is 10.5 Å². The fourth-order valence-corrected chi connectivity index (χ4v) is 4.05. The van der Waals surface area contributed by atoms with E-state index in [2.05, 4.69) is 25.8 Å². The molecule has 1 aliphatic carbocycles. The Morgan fingerprint density at radius 1 is 1.28 bits per heavy atom. The van der Waals surface area contributed by atoms with Crippen LogP contribution in [-0.2, 0) is 29.0 Å². The summed E-state index contributed by atoms with van der Waals surface area (Å²) in [6.45, 7) is 6.92. The van der Waals surface area contributed by atoms with Crippen molar-refractivity contribution in [3.8, 4) is 0 Å². The Hall–Kier alpha value is -2.26. The second-order valence-corrected chi connectivity index (χ2v) is 10.2. The van der Waals surface area contributed by atoms with Gasteiger partial charge in [0.25, 0.3) is 5.91 Å². The molecular weight excluding hydrogens is 395 g/mol. The van der Waals surface area contributed by atoms with Crippen molar-refractivity contribution < 1.29 is 17.6 Å². The number of nitrogens with two attached hydrogens (primary N) is 1. The molecule has 0 bridgehead atoms. The quantitative estimate of drug-likeness (QED) is 0.819. The van der Waals surface area contributed by atoms with Crippen molar-refractivity contribution >= 4 is 15.9 Å². The van der Waals surface area contributed by atoms with Gasteiger partial charge in [0.2, 0.25) is 10.0 Å². The molecule has 0 unspecified atom stereocenters. The number of hydrogen-bond acceptors (Lipinski definition) is 3. The number of amides is 1. The van der Waals surface area contributed by atoms with Gasteiger partial charge < -0.3 is 0 Å².